The molecule has 5 atom stereocenters. The normalized spacial score (nSPS) is 39.6. The van der Waals surface area contributed by atoms with Crippen LogP contribution in [0, 0.1) is 11.3 Å². The molecule has 1 saturated carbocycles. The summed E-state index contributed by atoms with van der Waals surface area (Å²) in [6.45, 7) is 11.9. The molecule has 1 spiro atoms. The van der Waals surface area contributed by atoms with Crippen molar-refractivity contribution in [1.82, 2.24) is 9.80 Å². The summed E-state index contributed by atoms with van der Waals surface area (Å²) in [7, 11) is 0. The summed E-state index contributed by atoms with van der Waals surface area (Å²) in [6.07, 6.45) is 19.3. The lowest BCUT2D eigenvalue weighted by molar-refractivity contribution is -0.170. The predicted molar refractivity (Wildman–Crippen MR) is 127 cm³/mol. The molecular formula is C27H42N2O2. The van der Waals surface area contributed by atoms with Gasteiger partial charge < -0.3 is 10.0 Å². The van der Waals surface area contributed by atoms with Crippen LogP contribution in [0.2, 0.25) is 0 Å². The molecule has 4 heteroatoms. The molecule has 31 heavy (non-hydrogen) atoms. The molecule has 0 unspecified atom stereocenters. The molecule has 2 saturated heterocycles. The van der Waals surface area contributed by atoms with Crippen LogP contribution in [0.4, 0.5) is 0 Å². The largest absolute Gasteiger partial charge is 0.388 e. The maximum absolute atomic E-state index is 13.4. The Morgan fingerprint density at radius 3 is 2.81 bits per heavy atom. The van der Waals surface area contributed by atoms with Gasteiger partial charge in [-0.2, -0.15) is 0 Å². The van der Waals surface area contributed by atoms with Crippen molar-refractivity contribution in [2.75, 3.05) is 26.2 Å². The van der Waals surface area contributed by atoms with E-state index in [2.05, 4.69) is 35.1 Å². The Morgan fingerprint density at radius 2 is 2.00 bits per heavy atom. The van der Waals surface area contributed by atoms with Crippen LogP contribution >= 0.6 is 0 Å². The zero-order valence-electron chi connectivity index (χ0n) is 19.3. The number of Topliss-reactive ketones (excluding diaryl/α,β-unsaturated/α-hetero) is 1. The van der Waals surface area contributed by atoms with E-state index < -0.39 is 5.60 Å². The number of rotatable bonds is 8. The van der Waals surface area contributed by atoms with Crippen molar-refractivity contribution in [2.45, 2.75) is 88.3 Å². The van der Waals surface area contributed by atoms with Gasteiger partial charge >= 0.3 is 0 Å². The molecule has 1 aliphatic carbocycles. The number of aliphatic hydroxyl groups is 1. The van der Waals surface area contributed by atoms with E-state index >= 15 is 0 Å². The van der Waals surface area contributed by atoms with Crippen LogP contribution in [-0.2, 0) is 4.79 Å². The van der Waals surface area contributed by atoms with Crippen LogP contribution in [0.3, 0.4) is 0 Å². The van der Waals surface area contributed by atoms with Crippen LogP contribution in [0.15, 0.2) is 37.5 Å². The van der Waals surface area contributed by atoms with E-state index in [1.807, 2.05) is 12.2 Å². The van der Waals surface area contributed by atoms with E-state index in [-0.39, 0.29) is 17.4 Å². The third-order valence-electron chi connectivity index (χ3n) is 8.52. The molecule has 3 aliphatic heterocycles. The first-order chi connectivity index (χ1) is 15.0. The lowest BCUT2D eigenvalue weighted by atomic mass is 9.54. The summed E-state index contributed by atoms with van der Waals surface area (Å²) in [5.41, 5.74) is -1.06. The highest BCUT2D eigenvalue weighted by Gasteiger charge is 2.67. The van der Waals surface area contributed by atoms with E-state index in [0.29, 0.717) is 24.7 Å². The topological polar surface area (TPSA) is 43.8 Å². The van der Waals surface area contributed by atoms with Gasteiger partial charge in [0.05, 0.1) is 5.60 Å². The first-order valence-electron chi connectivity index (χ1n) is 12.7. The van der Waals surface area contributed by atoms with E-state index in [0.717, 1.165) is 58.3 Å². The number of unbranched alkanes of at least 4 members (excludes halogenated alkanes) is 2. The molecule has 3 fully saturated rings. The number of allylic oxidation sites excluding steroid dienone is 3. The van der Waals surface area contributed by atoms with Gasteiger partial charge in [-0.25, -0.2) is 0 Å². The molecule has 4 rings (SSSR count). The van der Waals surface area contributed by atoms with Crippen molar-refractivity contribution in [3.05, 3.63) is 37.5 Å². The van der Waals surface area contributed by atoms with Gasteiger partial charge in [-0.3, -0.25) is 9.69 Å². The maximum atomic E-state index is 13.4. The van der Waals surface area contributed by atoms with Crippen LogP contribution in [0.5, 0.6) is 0 Å². The molecular weight excluding hydrogens is 384 g/mol. The zero-order valence-corrected chi connectivity index (χ0v) is 19.3. The first kappa shape index (κ1) is 22.9. The smallest absolute Gasteiger partial charge is 0.139 e. The molecule has 0 aromatic heterocycles. The van der Waals surface area contributed by atoms with Crippen molar-refractivity contribution in [3.8, 4) is 0 Å². The third-order valence-corrected chi connectivity index (χ3v) is 8.52. The van der Waals surface area contributed by atoms with Crippen molar-refractivity contribution < 1.29 is 9.90 Å². The summed E-state index contributed by atoms with van der Waals surface area (Å²) in [5.74, 6) is 0.418. The fourth-order valence-corrected chi connectivity index (χ4v) is 7.35. The SMILES string of the molecule is C=CCCCCN1CC[C@H]2C(=O)C[C@@](O)(CCC=C)[C@@H]3N4CCCC/C=C\[C@H]4C[C@]23C1. The standard InChI is InChI=1S/C27H42N2O2/c1-3-5-7-11-16-28-18-14-23-24(30)20-27(31,15-6-4-2)25-26(23,21-28)19-22-13-10-8-9-12-17-29(22)25/h3-4,10,13,22-23,25,31H,1-2,5-9,11-12,14-21H2/b13-10-/t22-,23-,25+,26-,27-/m0/s1. The van der Waals surface area contributed by atoms with E-state index in [1.54, 1.807) is 0 Å². The van der Waals surface area contributed by atoms with E-state index in [1.165, 1.54) is 25.7 Å². The molecule has 4 nitrogen and oxygen atoms in total. The Bertz CT molecular complexity index is 703. The summed E-state index contributed by atoms with van der Waals surface area (Å²) >= 11 is 0. The van der Waals surface area contributed by atoms with Gasteiger partial charge in [0.25, 0.3) is 0 Å². The molecule has 3 heterocycles. The molecule has 1 N–H and O–H groups in total. The Morgan fingerprint density at radius 1 is 1.16 bits per heavy atom. The van der Waals surface area contributed by atoms with Crippen molar-refractivity contribution >= 4 is 5.78 Å². The first-order valence-corrected chi connectivity index (χ1v) is 12.7. The lowest BCUT2D eigenvalue weighted by Gasteiger charge is -2.58. The number of carbonyl (C=O) groups excluding carboxylic acids is 1. The van der Waals surface area contributed by atoms with Crippen molar-refractivity contribution in [3.63, 3.8) is 0 Å². The van der Waals surface area contributed by atoms with Crippen LogP contribution in [0.25, 0.3) is 0 Å². The number of fused-ring (bicyclic) bond motifs is 2. The minimum absolute atomic E-state index is 0.0753. The second-order valence-corrected chi connectivity index (χ2v) is 10.5. The maximum Gasteiger partial charge on any atom is 0.139 e. The van der Waals surface area contributed by atoms with Gasteiger partial charge in [0, 0.05) is 36.4 Å². The Labute approximate surface area is 189 Å². The average Bonchev–Trinajstić information content (AvgIpc) is 3.03. The summed E-state index contributed by atoms with van der Waals surface area (Å²) in [6, 6.07) is 0.432. The number of carbonyl (C=O) groups is 1. The fourth-order valence-electron chi connectivity index (χ4n) is 7.35. The van der Waals surface area contributed by atoms with Gasteiger partial charge in [0.1, 0.15) is 5.78 Å². The van der Waals surface area contributed by atoms with Crippen LogP contribution in [-0.4, -0.2) is 64.6 Å². The van der Waals surface area contributed by atoms with Gasteiger partial charge in [0.2, 0.25) is 0 Å². The van der Waals surface area contributed by atoms with Gasteiger partial charge in [-0.15, -0.1) is 13.2 Å². The molecule has 0 bridgehead atoms. The molecule has 4 aliphatic rings. The second kappa shape index (κ2) is 9.72. The number of likely N-dealkylation sites (tertiary alicyclic amines) is 1. The molecule has 0 aromatic carbocycles. The van der Waals surface area contributed by atoms with Gasteiger partial charge in [-0.05, 0) is 83.8 Å². The quantitative estimate of drug-likeness (QED) is 0.458. The predicted octanol–water partition coefficient (Wildman–Crippen LogP) is 4.50. The lowest BCUT2D eigenvalue weighted by Crippen LogP contribution is -2.69. The Hall–Kier alpha value is -1.23. The number of piperidine rings is 1. The minimum Gasteiger partial charge on any atom is -0.388 e. The zero-order chi connectivity index (χ0) is 21.9. The van der Waals surface area contributed by atoms with E-state index in [9.17, 15) is 9.90 Å². The Kier molecular flexibility index (Phi) is 7.20. The highest BCUT2D eigenvalue weighted by Crippen LogP contribution is 2.59. The summed E-state index contributed by atoms with van der Waals surface area (Å²) < 4.78 is 0. The van der Waals surface area contributed by atoms with Crippen LogP contribution < -0.4 is 0 Å². The Balaban J connectivity index is 1.66. The summed E-state index contributed by atoms with van der Waals surface area (Å²) in [5, 5.41) is 12.0. The number of ketones is 1. The number of hydrogen-bond acceptors (Lipinski definition) is 4. The minimum atomic E-state index is -0.935. The van der Waals surface area contributed by atoms with Crippen LogP contribution in [0.1, 0.15) is 70.6 Å². The number of nitrogens with zero attached hydrogens (tertiary/aromatic N) is 2. The average molecular weight is 427 g/mol. The van der Waals surface area contributed by atoms with E-state index in [4.69, 9.17) is 0 Å². The second-order valence-electron chi connectivity index (χ2n) is 10.5. The fraction of sp³-hybridized carbons (Fsp3) is 0.741. The van der Waals surface area contributed by atoms with Crippen molar-refractivity contribution in [2.24, 2.45) is 11.3 Å². The highest BCUT2D eigenvalue weighted by atomic mass is 16.3. The molecule has 0 radical (unpaired) electrons. The summed E-state index contributed by atoms with van der Waals surface area (Å²) in [4.78, 5) is 18.7. The molecule has 0 aromatic rings. The highest BCUT2D eigenvalue weighted by molar-refractivity contribution is 5.85. The molecule has 172 valence electrons. The van der Waals surface area contributed by atoms with Crippen molar-refractivity contribution in [1.29, 1.82) is 0 Å². The third kappa shape index (κ3) is 4.36. The molecule has 0 amide bonds. The van der Waals surface area contributed by atoms with Gasteiger partial charge in [0.15, 0.2) is 0 Å². The van der Waals surface area contributed by atoms with Gasteiger partial charge in [-0.1, -0.05) is 24.3 Å². The number of hydrogen-bond donors (Lipinski definition) is 1. The monoisotopic (exact) mass is 426 g/mol.